The molecule has 0 amide bonds. The standard InChI is InChI=1S/C28H23F4NO/c1-3-34-24-15-14-22(27(31)28(24)32)19-9-5-18(6-10-19)7-11-20-12-13-23(26(30)25(20)29)21-8-4-17(2)33-16-21/h4-6,8-10,12-16H,3,7,11H2,1-2H3. The lowest BCUT2D eigenvalue weighted by Crippen LogP contribution is -2.00. The minimum Gasteiger partial charge on any atom is -0.491 e. The number of hydrogen-bond donors (Lipinski definition) is 0. The van der Waals surface area contributed by atoms with Gasteiger partial charge in [0.15, 0.2) is 23.2 Å². The lowest BCUT2D eigenvalue weighted by molar-refractivity contribution is 0.314. The topological polar surface area (TPSA) is 22.1 Å². The summed E-state index contributed by atoms with van der Waals surface area (Å²) in [7, 11) is 0. The molecule has 0 bridgehead atoms. The zero-order valence-electron chi connectivity index (χ0n) is 18.8. The summed E-state index contributed by atoms with van der Waals surface area (Å²) in [6.45, 7) is 3.75. The highest BCUT2D eigenvalue weighted by Crippen LogP contribution is 2.31. The van der Waals surface area contributed by atoms with Crippen molar-refractivity contribution in [1.29, 1.82) is 0 Å². The molecule has 1 aromatic heterocycles. The van der Waals surface area contributed by atoms with Crippen LogP contribution in [0.3, 0.4) is 0 Å². The van der Waals surface area contributed by atoms with Crippen LogP contribution in [0.2, 0.25) is 0 Å². The van der Waals surface area contributed by atoms with Crippen LogP contribution in [0.1, 0.15) is 23.7 Å². The Morgan fingerprint density at radius 1 is 0.676 bits per heavy atom. The third kappa shape index (κ3) is 4.81. The van der Waals surface area contributed by atoms with Gasteiger partial charge in [0.2, 0.25) is 5.82 Å². The van der Waals surface area contributed by atoms with Crippen LogP contribution in [0.25, 0.3) is 22.3 Å². The molecule has 0 N–H and O–H groups in total. The molecule has 0 spiro atoms. The maximum absolute atomic E-state index is 14.7. The van der Waals surface area contributed by atoms with Gasteiger partial charge in [-0.15, -0.1) is 0 Å². The molecule has 0 aliphatic heterocycles. The molecule has 0 saturated carbocycles. The Bertz CT molecular complexity index is 1300. The Kier molecular flexibility index (Phi) is 6.96. The second kappa shape index (κ2) is 10.1. The Morgan fingerprint density at radius 2 is 1.32 bits per heavy atom. The van der Waals surface area contributed by atoms with E-state index in [1.807, 2.05) is 6.92 Å². The van der Waals surface area contributed by atoms with Gasteiger partial charge in [0.1, 0.15) is 0 Å². The van der Waals surface area contributed by atoms with Gasteiger partial charge in [0.25, 0.3) is 0 Å². The molecular weight excluding hydrogens is 442 g/mol. The van der Waals surface area contributed by atoms with Crippen molar-refractivity contribution in [3.05, 3.63) is 107 Å². The van der Waals surface area contributed by atoms with Crippen LogP contribution >= 0.6 is 0 Å². The average Bonchev–Trinajstić information content (AvgIpc) is 2.84. The van der Waals surface area contributed by atoms with Gasteiger partial charge in [-0.1, -0.05) is 42.5 Å². The van der Waals surface area contributed by atoms with E-state index in [1.54, 1.807) is 55.5 Å². The predicted octanol–water partition coefficient (Wildman–Crippen LogP) is 7.46. The first-order chi connectivity index (χ1) is 16.4. The van der Waals surface area contributed by atoms with Gasteiger partial charge < -0.3 is 4.74 Å². The smallest absolute Gasteiger partial charge is 0.201 e. The van der Waals surface area contributed by atoms with Crippen molar-refractivity contribution in [3.63, 3.8) is 0 Å². The summed E-state index contributed by atoms with van der Waals surface area (Å²) in [5.74, 6) is -3.89. The Balaban J connectivity index is 1.48. The molecule has 34 heavy (non-hydrogen) atoms. The Morgan fingerprint density at radius 3 is 2.00 bits per heavy atom. The highest BCUT2D eigenvalue weighted by Gasteiger charge is 2.17. The normalized spacial score (nSPS) is 11.0. The first kappa shape index (κ1) is 23.5. The van der Waals surface area contributed by atoms with Crippen molar-refractivity contribution in [2.24, 2.45) is 0 Å². The molecule has 0 unspecified atom stereocenters. The first-order valence-corrected chi connectivity index (χ1v) is 11.0. The molecule has 174 valence electrons. The van der Waals surface area contributed by atoms with Gasteiger partial charge in [-0.25, -0.2) is 13.2 Å². The van der Waals surface area contributed by atoms with Gasteiger partial charge in [-0.2, -0.15) is 4.39 Å². The predicted molar refractivity (Wildman–Crippen MR) is 125 cm³/mol. The van der Waals surface area contributed by atoms with E-state index in [4.69, 9.17) is 4.74 Å². The van der Waals surface area contributed by atoms with Crippen molar-refractivity contribution in [2.75, 3.05) is 6.61 Å². The van der Waals surface area contributed by atoms with E-state index in [2.05, 4.69) is 4.98 Å². The number of ether oxygens (including phenoxy) is 1. The SMILES string of the molecule is CCOc1ccc(-c2ccc(CCc3ccc(-c4ccc(C)nc4)c(F)c3F)cc2)c(F)c1F. The molecule has 0 saturated heterocycles. The molecule has 1 heterocycles. The van der Waals surface area contributed by atoms with E-state index in [0.29, 0.717) is 24.0 Å². The molecule has 0 aliphatic rings. The van der Waals surface area contributed by atoms with E-state index in [0.717, 1.165) is 11.3 Å². The highest BCUT2D eigenvalue weighted by atomic mass is 19.2. The Hall–Kier alpha value is -3.67. The van der Waals surface area contributed by atoms with Gasteiger partial charge in [-0.3, -0.25) is 4.98 Å². The fourth-order valence-corrected chi connectivity index (χ4v) is 3.78. The van der Waals surface area contributed by atoms with Gasteiger partial charge in [0, 0.05) is 28.6 Å². The van der Waals surface area contributed by atoms with Crippen LogP contribution < -0.4 is 4.74 Å². The summed E-state index contributed by atoms with van der Waals surface area (Å²) in [5, 5.41) is 0. The minimum absolute atomic E-state index is 0.126. The molecule has 3 aromatic carbocycles. The molecule has 4 aromatic rings. The largest absolute Gasteiger partial charge is 0.491 e. The third-order valence-electron chi connectivity index (χ3n) is 5.68. The van der Waals surface area contributed by atoms with Crippen LogP contribution in [-0.4, -0.2) is 11.6 Å². The summed E-state index contributed by atoms with van der Waals surface area (Å²) in [4.78, 5) is 4.14. The fourth-order valence-electron chi connectivity index (χ4n) is 3.78. The monoisotopic (exact) mass is 465 g/mol. The van der Waals surface area contributed by atoms with Crippen molar-refractivity contribution in [3.8, 4) is 28.0 Å². The molecule has 4 rings (SSSR count). The lowest BCUT2D eigenvalue weighted by atomic mass is 9.98. The zero-order valence-corrected chi connectivity index (χ0v) is 18.8. The summed E-state index contributed by atoms with van der Waals surface area (Å²) in [6, 6.07) is 16.4. The van der Waals surface area contributed by atoms with Crippen LogP contribution in [0.5, 0.6) is 5.75 Å². The van der Waals surface area contributed by atoms with Crippen LogP contribution in [0.15, 0.2) is 66.9 Å². The number of pyridine rings is 1. The fraction of sp³-hybridized carbons (Fsp3) is 0.179. The van der Waals surface area contributed by atoms with Gasteiger partial charge >= 0.3 is 0 Å². The van der Waals surface area contributed by atoms with E-state index >= 15 is 0 Å². The first-order valence-electron chi connectivity index (χ1n) is 11.0. The molecule has 6 heteroatoms. The summed E-state index contributed by atoms with van der Waals surface area (Å²) in [6.07, 6.45) is 2.27. The minimum atomic E-state index is -1.02. The third-order valence-corrected chi connectivity index (χ3v) is 5.68. The number of halogens is 4. The van der Waals surface area contributed by atoms with E-state index in [1.165, 1.54) is 18.3 Å². The zero-order chi connectivity index (χ0) is 24.2. The molecule has 0 atom stereocenters. The number of nitrogens with zero attached hydrogens (tertiary/aromatic N) is 1. The summed E-state index contributed by atoms with van der Waals surface area (Å²) >= 11 is 0. The number of hydrogen-bond acceptors (Lipinski definition) is 2. The second-order valence-electron chi connectivity index (χ2n) is 7.96. The van der Waals surface area contributed by atoms with E-state index < -0.39 is 23.3 Å². The highest BCUT2D eigenvalue weighted by molar-refractivity contribution is 5.66. The molecule has 0 aliphatic carbocycles. The average molecular weight is 465 g/mol. The van der Waals surface area contributed by atoms with Crippen molar-refractivity contribution in [2.45, 2.75) is 26.7 Å². The quantitative estimate of drug-likeness (QED) is 0.264. The lowest BCUT2D eigenvalue weighted by Gasteiger charge is -2.11. The molecule has 0 radical (unpaired) electrons. The second-order valence-corrected chi connectivity index (χ2v) is 7.96. The Labute approximate surface area is 195 Å². The maximum Gasteiger partial charge on any atom is 0.201 e. The van der Waals surface area contributed by atoms with Gasteiger partial charge in [0.05, 0.1) is 6.61 Å². The number of benzene rings is 3. The number of rotatable bonds is 7. The van der Waals surface area contributed by atoms with Crippen LogP contribution in [0, 0.1) is 30.2 Å². The maximum atomic E-state index is 14.7. The van der Waals surface area contributed by atoms with Crippen LogP contribution in [-0.2, 0) is 12.8 Å². The summed E-state index contributed by atoms with van der Waals surface area (Å²) < 4.78 is 63.1. The molecular formula is C28H23F4NO. The molecule has 2 nitrogen and oxygen atoms in total. The van der Waals surface area contributed by atoms with Gasteiger partial charge in [-0.05, 0) is 61.6 Å². The molecule has 0 fully saturated rings. The van der Waals surface area contributed by atoms with Crippen molar-refractivity contribution < 1.29 is 22.3 Å². The van der Waals surface area contributed by atoms with Crippen LogP contribution in [0.4, 0.5) is 17.6 Å². The van der Waals surface area contributed by atoms with E-state index in [-0.39, 0.29) is 29.0 Å². The number of aryl methyl sites for hydroxylation is 3. The van der Waals surface area contributed by atoms with E-state index in [9.17, 15) is 17.6 Å². The number of aromatic nitrogens is 1. The van der Waals surface area contributed by atoms with Crippen molar-refractivity contribution >= 4 is 0 Å². The van der Waals surface area contributed by atoms with Crippen molar-refractivity contribution in [1.82, 2.24) is 4.98 Å². The summed E-state index contributed by atoms with van der Waals surface area (Å²) in [5.41, 5.74) is 3.25.